The fourth-order valence-electron chi connectivity index (χ4n) is 6.23. The third kappa shape index (κ3) is 4.46. The van der Waals surface area contributed by atoms with Gasteiger partial charge in [0.25, 0.3) is 0 Å². The molecule has 0 spiro atoms. The number of fused-ring (bicyclic) bond motifs is 6. The van der Waals surface area contributed by atoms with Crippen LogP contribution in [-0.2, 0) is 0 Å². The highest BCUT2D eigenvalue weighted by atomic mass is 15.0. The van der Waals surface area contributed by atoms with Gasteiger partial charge < -0.3 is 9.13 Å². The highest BCUT2D eigenvalue weighted by Crippen LogP contribution is 2.35. The molecule has 3 nitrogen and oxygen atoms in total. The maximum Gasteiger partial charge on any atom is 0.0995 e. The van der Waals surface area contributed by atoms with Gasteiger partial charge in [0.2, 0.25) is 0 Å². The summed E-state index contributed by atoms with van der Waals surface area (Å²) in [6.45, 7) is 14.8. The van der Waals surface area contributed by atoms with Crippen molar-refractivity contribution >= 4 is 55.0 Å². The van der Waals surface area contributed by atoms with E-state index in [1.165, 1.54) is 54.8 Å². The zero-order valence-electron chi connectivity index (χ0n) is 24.9. The van der Waals surface area contributed by atoms with Crippen LogP contribution in [0.5, 0.6) is 0 Å². The van der Waals surface area contributed by atoms with Crippen molar-refractivity contribution < 1.29 is 0 Å². The molecule has 0 fully saturated rings. The van der Waals surface area contributed by atoms with E-state index in [0.29, 0.717) is 5.57 Å². The van der Waals surface area contributed by atoms with Crippen LogP contribution >= 0.6 is 0 Å². The van der Waals surface area contributed by atoms with Gasteiger partial charge >= 0.3 is 0 Å². The Labute approximate surface area is 241 Å². The number of benzene rings is 4. The van der Waals surface area contributed by atoms with E-state index < -0.39 is 0 Å². The molecule has 0 bridgehead atoms. The molecule has 2 heterocycles. The maximum atomic E-state index is 10.3. The predicted molar refractivity (Wildman–Crippen MR) is 176 cm³/mol. The smallest absolute Gasteiger partial charge is 0.0995 e. The number of hydrogen-bond donors (Lipinski definition) is 0. The van der Waals surface area contributed by atoms with Crippen molar-refractivity contribution in [1.82, 2.24) is 9.13 Å². The highest BCUT2D eigenvalue weighted by molar-refractivity contribution is 6.11. The number of aromatic nitrogens is 2. The summed E-state index contributed by atoms with van der Waals surface area (Å²) in [7, 11) is 0. The van der Waals surface area contributed by atoms with Crippen molar-refractivity contribution in [3.8, 4) is 6.07 Å². The second-order valence-electron chi connectivity index (χ2n) is 11.5. The molecule has 0 aliphatic heterocycles. The molecule has 0 radical (unpaired) electrons. The summed E-state index contributed by atoms with van der Waals surface area (Å²) in [5, 5.41) is 15.3. The van der Waals surface area contributed by atoms with Crippen LogP contribution < -0.4 is 0 Å². The van der Waals surface area contributed by atoms with E-state index in [2.05, 4.69) is 136 Å². The molecule has 0 saturated heterocycles. The zero-order chi connectivity index (χ0) is 29.0. The van der Waals surface area contributed by atoms with Crippen molar-refractivity contribution in [3.05, 3.63) is 118 Å². The van der Waals surface area contributed by atoms with Gasteiger partial charge in [0.1, 0.15) is 0 Å². The first kappa shape index (κ1) is 26.4. The standard InChI is InChI=1S/C38H35N3/c1-23-8-12-35-31(16-23)32-17-24(2)9-13-36(32)40(35)28(6)20-27(5)30(22-39)21-29(7)41-37-14-10-25(3)18-33(37)34-19-26(4)11-15-38(34)41/h8-21H,1-7H3/b28-20+,29-21+,30-27+. The minimum absolute atomic E-state index is 0.656. The van der Waals surface area contributed by atoms with Gasteiger partial charge in [-0.2, -0.15) is 5.26 Å². The first-order chi connectivity index (χ1) is 19.7. The summed E-state index contributed by atoms with van der Waals surface area (Å²) in [6, 6.07) is 29.0. The molecule has 4 aromatic carbocycles. The second kappa shape index (κ2) is 9.98. The van der Waals surface area contributed by atoms with E-state index in [0.717, 1.165) is 28.0 Å². The average Bonchev–Trinajstić information content (AvgIpc) is 3.42. The van der Waals surface area contributed by atoms with Crippen molar-refractivity contribution in [2.75, 3.05) is 0 Å². The lowest BCUT2D eigenvalue weighted by atomic mass is 10.1. The lowest BCUT2D eigenvalue weighted by Crippen LogP contribution is -1.96. The monoisotopic (exact) mass is 533 g/mol. The molecule has 0 saturated carbocycles. The summed E-state index contributed by atoms with van der Waals surface area (Å²) in [5.41, 5.74) is 13.3. The second-order valence-corrected chi connectivity index (χ2v) is 11.5. The highest BCUT2D eigenvalue weighted by Gasteiger charge is 2.15. The number of hydrogen-bond acceptors (Lipinski definition) is 1. The molecule has 0 N–H and O–H groups in total. The minimum Gasteiger partial charge on any atom is -0.313 e. The Morgan fingerprint density at radius 2 is 0.854 bits per heavy atom. The largest absolute Gasteiger partial charge is 0.313 e. The quantitative estimate of drug-likeness (QED) is 0.164. The van der Waals surface area contributed by atoms with Crippen LogP contribution in [0.3, 0.4) is 0 Å². The molecule has 6 aromatic rings. The van der Waals surface area contributed by atoms with Crippen LogP contribution in [0.2, 0.25) is 0 Å². The van der Waals surface area contributed by atoms with Gasteiger partial charge in [-0.3, -0.25) is 0 Å². The molecule has 0 unspecified atom stereocenters. The van der Waals surface area contributed by atoms with Crippen molar-refractivity contribution in [2.24, 2.45) is 0 Å². The van der Waals surface area contributed by atoms with E-state index >= 15 is 0 Å². The molecular weight excluding hydrogens is 498 g/mol. The molecule has 0 amide bonds. The van der Waals surface area contributed by atoms with Gasteiger partial charge in [-0.25, -0.2) is 0 Å². The van der Waals surface area contributed by atoms with Gasteiger partial charge in [-0.05, 0) is 115 Å². The molecule has 0 aliphatic carbocycles. The molecule has 202 valence electrons. The third-order valence-electron chi connectivity index (χ3n) is 8.18. The number of nitrogens with zero attached hydrogens (tertiary/aromatic N) is 3. The Balaban J connectivity index is 1.51. The molecule has 41 heavy (non-hydrogen) atoms. The summed E-state index contributed by atoms with van der Waals surface area (Å²) in [4.78, 5) is 0. The molecule has 3 heteroatoms. The average molecular weight is 534 g/mol. The normalized spacial score (nSPS) is 13.4. The van der Waals surface area contributed by atoms with E-state index in [-0.39, 0.29) is 0 Å². The van der Waals surface area contributed by atoms with Gasteiger partial charge in [0.05, 0.1) is 33.7 Å². The molecular formula is C38H35N3. The predicted octanol–water partition coefficient (Wildman–Crippen LogP) is 10.4. The Morgan fingerprint density at radius 1 is 0.537 bits per heavy atom. The fraction of sp³-hybridized carbons (Fsp3) is 0.184. The SMILES string of the molecule is C\C(=C/C(C)=C(C#N)\C=C(/C)n1c2ccc(C)cc2c2cc(C)ccc21)n1c2ccc(C)cc2c2cc(C)ccc21. The Kier molecular flexibility index (Phi) is 6.43. The van der Waals surface area contributed by atoms with Gasteiger partial charge in [-0.1, -0.05) is 46.5 Å². The van der Waals surface area contributed by atoms with E-state index in [1.807, 2.05) is 13.0 Å². The van der Waals surface area contributed by atoms with Crippen molar-refractivity contribution in [3.63, 3.8) is 0 Å². The Morgan fingerprint density at radius 3 is 1.17 bits per heavy atom. The molecule has 0 atom stereocenters. The van der Waals surface area contributed by atoms with Crippen LogP contribution in [-0.4, -0.2) is 9.13 Å². The van der Waals surface area contributed by atoms with Crippen LogP contribution in [0.4, 0.5) is 0 Å². The number of nitriles is 1. The number of allylic oxidation sites excluding steroid dienone is 6. The number of aryl methyl sites for hydroxylation is 4. The zero-order valence-corrected chi connectivity index (χ0v) is 24.9. The van der Waals surface area contributed by atoms with E-state index in [1.54, 1.807) is 0 Å². The van der Waals surface area contributed by atoms with Crippen LogP contribution in [0.1, 0.15) is 43.0 Å². The Hall–Kier alpha value is -4.81. The fourth-order valence-corrected chi connectivity index (χ4v) is 6.23. The van der Waals surface area contributed by atoms with Crippen LogP contribution in [0.25, 0.3) is 55.0 Å². The van der Waals surface area contributed by atoms with Crippen molar-refractivity contribution in [2.45, 2.75) is 48.5 Å². The molecule has 0 aliphatic rings. The van der Waals surface area contributed by atoms with Crippen LogP contribution in [0.15, 0.2) is 96.1 Å². The summed E-state index contributed by atoms with van der Waals surface area (Å²) >= 11 is 0. The first-order valence-corrected chi connectivity index (χ1v) is 14.2. The first-order valence-electron chi connectivity index (χ1n) is 14.2. The number of rotatable bonds is 4. The third-order valence-corrected chi connectivity index (χ3v) is 8.18. The van der Waals surface area contributed by atoms with E-state index in [4.69, 9.17) is 0 Å². The lowest BCUT2D eigenvalue weighted by molar-refractivity contribution is 1.18. The maximum absolute atomic E-state index is 10.3. The van der Waals surface area contributed by atoms with E-state index in [9.17, 15) is 5.26 Å². The van der Waals surface area contributed by atoms with Crippen LogP contribution in [0, 0.1) is 39.0 Å². The molecule has 6 rings (SSSR count). The van der Waals surface area contributed by atoms with Gasteiger partial charge in [0.15, 0.2) is 0 Å². The minimum atomic E-state index is 0.656. The van der Waals surface area contributed by atoms with Gasteiger partial charge in [0, 0.05) is 32.9 Å². The topological polar surface area (TPSA) is 33.6 Å². The Bertz CT molecular complexity index is 2050. The lowest BCUT2D eigenvalue weighted by Gasteiger charge is -2.11. The summed E-state index contributed by atoms with van der Waals surface area (Å²) in [6.07, 6.45) is 4.16. The summed E-state index contributed by atoms with van der Waals surface area (Å²) in [5.74, 6) is 0. The van der Waals surface area contributed by atoms with Crippen molar-refractivity contribution in [1.29, 1.82) is 5.26 Å². The summed E-state index contributed by atoms with van der Waals surface area (Å²) < 4.78 is 4.60. The van der Waals surface area contributed by atoms with Gasteiger partial charge in [-0.15, -0.1) is 0 Å². The molecule has 2 aromatic heterocycles.